The van der Waals surface area contributed by atoms with Crippen LogP contribution in [0.4, 0.5) is 4.79 Å². The van der Waals surface area contributed by atoms with Gasteiger partial charge in [0.05, 0.1) is 10.0 Å². The van der Waals surface area contributed by atoms with Gasteiger partial charge in [0.15, 0.2) is 0 Å². The smallest absolute Gasteiger partial charge is 0.329 e. The summed E-state index contributed by atoms with van der Waals surface area (Å²) in [4.78, 5) is 25.6. The summed E-state index contributed by atoms with van der Waals surface area (Å²) in [7, 11) is 0. The molecule has 1 heterocycles. The highest BCUT2D eigenvalue weighted by Crippen LogP contribution is 2.28. The molecule has 0 aliphatic carbocycles. The average molecular weight is 484 g/mol. The van der Waals surface area contributed by atoms with E-state index in [1.54, 1.807) is 24.3 Å². The number of imide groups is 1. The zero-order valence-corrected chi connectivity index (χ0v) is 18.1. The second kappa shape index (κ2) is 8.99. The number of rotatable bonds is 6. The van der Waals surface area contributed by atoms with Crippen LogP contribution in [0.2, 0.25) is 10.0 Å². The maximum Gasteiger partial charge on any atom is 0.329 e. The van der Waals surface area contributed by atoms with Crippen molar-refractivity contribution in [2.45, 2.75) is 20.0 Å². The largest absolute Gasteiger partial charge is 0.488 e. The predicted octanol–water partition coefficient (Wildman–Crippen LogP) is 5.64. The zero-order valence-electron chi connectivity index (χ0n) is 15.0. The van der Waals surface area contributed by atoms with E-state index in [-0.39, 0.29) is 18.2 Å². The number of amides is 3. The molecule has 1 fully saturated rings. The Morgan fingerprint density at radius 1 is 1.14 bits per heavy atom. The fraction of sp³-hybridized carbons (Fsp3) is 0.200. The van der Waals surface area contributed by atoms with Crippen molar-refractivity contribution in [3.05, 3.63) is 67.7 Å². The van der Waals surface area contributed by atoms with Crippen LogP contribution < -0.4 is 10.1 Å². The second-order valence-corrected chi connectivity index (χ2v) is 7.89. The molecule has 0 radical (unpaired) electrons. The monoisotopic (exact) mass is 482 g/mol. The summed E-state index contributed by atoms with van der Waals surface area (Å²) in [5, 5.41) is 3.55. The predicted molar refractivity (Wildman–Crippen MR) is 113 cm³/mol. The van der Waals surface area contributed by atoms with Gasteiger partial charge < -0.3 is 10.1 Å². The molecule has 1 saturated heterocycles. The minimum Gasteiger partial charge on any atom is -0.488 e. The van der Waals surface area contributed by atoms with Crippen molar-refractivity contribution in [2.75, 3.05) is 6.54 Å². The van der Waals surface area contributed by atoms with Gasteiger partial charge in [-0.25, -0.2) is 4.79 Å². The summed E-state index contributed by atoms with van der Waals surface area (Å²) in [5.74, 6) is 0.222. The molecule has 2 aromatic rings. The number of hydrogen-bond donors (Lipinski definition) is 1. The van der Waals surface area contributed by atoms with Crippen molar-refractivity contribution in [1.29, 1.82) is 0 Å². The van der Waals surface area contributed by atoms with Gasteiger partial charge in [-0.2, -0.15) is 0 Å². The van der Waals surface area contributed by atoms with Gasteiger partial charge in [-0.05, 0) is 48.4 Å². The van der Waals surface area contributed by atoms with E-state index in [0.29, 0.717) is 34.3 Å². The molecule has 0 spiro atoms. The van der Waals surface area contributed by atoms with E-state index in [1.807, 2.05) is 25.1 Å². The van der Waals surface area contributed by atoms with Crippen LogP contribution in [0.15, 0.2) is 46.6 Å². The topological polar surface area (TPSA) is 58.6 Å². The van der Waals surface area contributed by atoms with Gasteiger partial charge in [0.2, 0.25) is 0 Å². The number of carbonyl (C=O) groups excluding carboxylic acids is 2. The van der Waals surface area contributed by atoms with Gasteiger partial charge in [0.1, 0.15) is 18.1 Å². The number of benzene rings is 2. The first kappa shape index (κ1) is 20.7. The van der Waals surface area contributed by atoms with Gasteiger partial charge in [0, 0.05) is 16.6 Å². The molecular formula is C20H17BrCl2N2O3. The van der Waals surface area contributed by atoms with Crippen LogP contribution in [0.1, 0.15) is 24.5 Å². The van der Waals surface area contributed by atoms with E-state index in [4.69, 9.17) is 27.9 Å². The van der Waals surface area contributed by atoms with Crippen molar-refractivity contribution in [3.63, 3.8) is 0 Å². The first-order chi connectivity index (χ1) is 13.4. The Hall–Kier alpha value is -2.02. The molecule has 5 nitrogen and oxygen atoms in total. The van der Waals surface area contributed by atoms with Gasteiger partial charge in [-0.3, -0.25) is 9.69 Å². The van der Waals surface area contributed by atoms with Gasteiger partial charge >= 0.3 is 6.03 Å². The average Bonchev–Trinajstić information content (AvgIpc) is 2.92. The Kier molecular flexibility index (Phi) is 6.65. The van der Waals surface area contributed by atoms with Gasteiger partial charge in [0.25, 0.3) is 5.91 Å². The summed E-state index contributed by atoms with van der Waals surface area (Å²) < 4.78 is 6.74. The molecule has 0 aromatic heterocycles. The van der Waals surface area contributed by atoms with Crippen molar-refractivity contribution < 1.29 is 14.3 Å². The summed E-state index contributed by atoms with van der Waals surface area (Å²) >= 11 is 15.4. The van der Waals surface area contributed by atoms with E-state index in [2.05, 4.69) is 21.2 Å². The standard InChI is InChI=1S/C20H17BrCl2N2O3/c1-2-7-25-19(26)17(24-20(25)27)10-13-9-14(21)4-6-18(13)28-11-12-3-5-15(22)16(23)8-12/h3-6,8-10H,2,7,11H2,1H3,(H,24,27)/b17-10+. The third-order valence-corrected chi connectivity index (χ3v) is 5.29. The lowest BCUT2D eigenvalue weighted by molar-refractivity contribution is -0.122. The Morgan fingerprint density at radius 2 is 1.93 bits per heavy atom. The summed E-state index contributed by atoms with van der Waals surface area (Å²) in [5.41, 5.74) is 1.74. The molecule has 28 heavy (non-hydrogen) atoms. The minimum absolute atomic E-state index is 0.218. The first-order valence-corrected chi connectivity index (χ1v) is 10.1. The SMILES string of the molecule is CCCN1C(=O)N/C(=C/c2cc(Br)ccc2OCc2ccc(Cl)c(Cl)c2)C1=O. The summed E-state index contributed by atoms with van der Waals surface area (Å²) in [6.45, 7) is 2.56. The number of carbonyl (C=O) groups is 2. The molecule has 3 rings (SSSR count). The molecule has 0 bridgehead atoms. The molecule has 2 aromatic carbocycles. The van der Waals surface area contributed by atoms with E-state index < -0.39 is 6.03 Å². The number of nitrogens with zero attached hydrogens (tertiary/aromatic N) is 1. The van der Waals surface area contributed by atoms with Crippen LogP contribution in [0.5, 0.6) is 5.75 Å². The Balaban J connectivity index is 1.84. The third kappa shape index (κ3) is 4.69. The molecule has 0 unspecified atom stereocenters. The number of nitrogens with one attached hydrogen (secondary N) is 1. The quantitative estimate of drug-likeness (QED) is 0.427. The van der Waals surface area contributed by atoms with Crippen LogP contribution in [0.3, 0.4) is 0 Å². The van der Waals surface area contributed by atoms with E-state index in [0.717, 1.165) is 10.0 Å². The zero-order chi connectivity index (χ0) is 20.3. The van der Waals surface area contributed by atoms with Crippen LogP contribution >= 0.6 is 39.1 Å². The maximum absolute atomic E-state index is 12.4. The highest BCUT2D eigenvalue weighted by Gasteiger charge is 2.32. The molecule has 0 saturated carbocycles. The lowest BCUT2D eigenvalue weighted by Crippen LogP contribution is -2.31. The minimum atomic E-state index is -0.411. The molecule has 1 aliphatic rings. The van der Waals surface area contributed by atoms with Crippen molar-refractivity contribution in [3.8, 4) is 5.75 Å². The fourth-order valence-corrected chi connectivity index (χ4v) is 3.41. The van der Waals surface area contributed by atoms with Gasteiger partial charge in [-0.1, -0.05) is 52.1 Å². The van der Waals surface area contributed by atoms with Crippen LogP contribution in [-0.4, -0.2) is 23.4 Å². The normalized spacial score (nSPS) is 15.3. The Labute approximate surface area is 181 Å². The lowest BCUT2D eigenvalue weighted by Gasteiger charge is -2.11. The third-order valence-electron chi connectivity index (χ3n) is 4.06. The Morgan fingerprint density at radius 3 is 2.64 bits per heavy atom. The highest BCUT2D eigenvalue weighted by molar-refractivity contribution is 9.10. The fourth-order valence-electron chi connectivity index (χ4n) is 2.71. The number of ether oxygens (including phenoxy) is 1. The highest BCUT2D eigenvalue weighted by atomic mass is 79.9. The van der Waals surface area contributed by atoms with Crippen molar-refractivity contribution >= 4 is 57.1 Å². The molecule has 8 heteroatoms. The van der Waals surface area contributed by atoms with E-state index in [9.17, 15) is 9.59 Å². The molecule has 1 aliphatic heterocycles. The number of hydrogen-bond acceptors (Lipinski definition) is 3. The molecule has 146 valence electrons. The van der Waals surface area contributed by atoms with Crippen LogP contribution in [0, 0.1) is 0 Å². The maximum atomic E-state index is 12.4. The van der Waals surface area contributed by atoms with Crippen LogP contribution in [-0.2, 0) is 11.4 Å². The summed E-state index contributed by atoms with van der Waals surface area (Å²) in [6, 6.07) is 10.3. The van der Waals surface area contributed by atoms with E-state index >= 15 is 0 Å². The van der Waals surface area contributed by atoms with E-state index in [1.165, 1.54) is 4.90 Å². The lowest BCUT2D eigenvalue weighted by atomic mass is 10.1. The number of urea groups is 1. The molecule has 1 N–H and O–H groups in total. The molecule has 0 atom stereocenters. The Bertz CT molecular complexity index is 962. The van der Waals surface area contributed by atoms with Crippen molar-refractivity contribution in [2.24, 2.45) is 0 Å². The first-order valence-electron chi connectivity index (χ1n) is 8.60. The number of halogens is 3. The molecule has 3 amide bonds. The molecular weight excluding hydrogens is 467 g/mol. The van der Waals surface area contributed by atoms with Crippen molar-refractivity contribution in [1.82, 2.24) is 10.2 Å². The summed E-state index contributed by atoms with van der Waals surface area (Å²) in [6.07, 6.45) is 2.31. The van der Waals surface area contributed by atoms with Gasteiger partial charge in [-0.15, -0.1) is 0 Å². The van der Waals surface area contributed by atoms with Crippen LogP contribution in [0.25, 0.3) is 6.08 Å². The second-order valence-electron chi connectivity index (χ2n) is 6.16.